The third-order valence-electron chi connectivity index (χ3n) is 3.21. The molecule has 2 rings (SSSR count). The summed E-state index contributed by atoms with van der Waals surface area (Å²) in [6.07, 6.45) is 0.853. The topological polar surface area (TPSA) is 38.3 Å². The lowest BCUT2D eigenvalue weighted by Crippen LogP contribution is -2.39. The van der Waals surface area contributed by atoms with E-state index in [0.29, 0.717) is 0 Å². The lowest BCUT2D eigenvalue weighted by molar-refractivity contribution is -0.147. The van der Waals surface area contributed by atoms with E-state index in [1.807, 2.05) is 18.2 Å². The van der Waals surface area contributed by atoms with E-state index in [0.717, 1.165) is 19.5 Å². The second-order valence-electron chi connectivity index (χ2n) is 4.14. The maximum atomic E-state index is 11.7. The Morgan fingerprint density at radius 1 is 1.38 bits per heavy atom. The highest BCUT2D eigenvalue weighted by atomic mass is 16.5. The highest BCUT2D eigenvalue weighted by Crippen LogP contribution is 2.29. The van der Waals surface area contributed by atoms with Crippen molar-refractivity contribution in [3.05, 3.63) is 35.9 Å². The fraction of sp³-hybridized carbons (Fsp3) is 0.462. The van der Waals surface area contributed by atoms with Crippen LogP contribution in [-0.2, 0) is 9.53 Å². The summed E-state index contributed by atoms with van der Waals surface area (Å²) in [4.78, 5) is 11.7. The van der Waals surface area contributed by atoms with Gasteiger partial charge in [-0.25, -0.2) is 0 Å². The largest absolute Gasteiger partial charge is 0.469 e. The molecule has 1 aliphatic rings. The van der Waals surface area contributed by atoms with Crippen LogP contribution in [0.3, 0.4) is 0 Å². The van der Waals surface area contributed by atoms with Crippen molar-refractivity contribution in [3.8, 4) is 0 Å². The van der Waals surface area contributed by atoms with E-state index in [1.54, 1.807) is 0 Å². The predicted molar refractivity (Wildman–Crippen MR) is 62.2 cm³/mol. The third kappa shape index (κ3) is 2.25. The number of carbonyl (C=O) groups is 1. The van der Waals surface area contributed by atoms with Crippen LogP contribution in [0.2, 0.25) is 0 Å². The molecule has 0 amide bonds. The number of piperidine rings is 1. The van der Waals surface area contributed by atoms with E-state index in [-0.39, 0.29) is 17.8 Å². The van der Waals surface area contributed by atoms with Crippen molar-refractivity contribution < 1.29 is 9.53 Å². The molecule has 0 saturated carbocycles. The normalized spacial score (nSPS) is 25.1. The van der Waals surface area contributed by atoms with E-state index < -0.39 is 0 Å². The zero-order valence-corrected chi connectivity index (χ0v) is 9.48. The van der Waals surface area contributed by atoms with Gasteiger partial charge in [0.1, 0.15) is 0 Å². The van der Waals surface area contributed by atoms with Crippen molar-refractivity contribution in [2.45, 2.75) is 12.3 Å². The predicted octanol–water partition coefficient (Wildman–Crippen LogP) is 1.55. The second kappa shape index (κ2) is 5.12. The lowest BCUT2D eigenvalue weighted by atomic mass is 9.81. The standard InChI is InChI=1S/C13H17NO2/c1-16-13(15)11-7-8-14-9-12(11)10-5-3-2-4-6-10/h2-6,11-12,14H,7-9H2,1H3/t11-,12-/m1/s1. The Morgan fingerprint density at radius 3 is 2.81 bits per heavy atom. The molecule has 1 saturated heterocycles. The number of nitrogens with one attached hydrogen (secondary N) is 1. The van der Waals surface area contributed by atoms with E-state index >= 15 is 0 Å². The van der Waals surface area contributed by atoms with Crippen LogP contribution in [-0.4, -0.2) is 26.2 Å². The van der Waals surface area contributed by atoms with Crippen molar-refractivity contribution in [2.24, 2.45) is 5.92 Å². The van der Waals surface area contributed by atoms with E-state index in [9.17, 15) is 4.79 Å². The zero-order chi connectivity index (χ0) is 11.4. The number of rotatable bonds is 2. The monoisotopic (exact) mass is 219 g/mol. The number of methoxy groups -OCH3 is 1. The Hall–Kier alpha value is -1.35. The average Bonchev–Trinajstić information content (AvgIpc) is 2.39. The van der Waals surface area contributed by atoms with Crippen LogP contribution < -0.4 is 5.32 Å². The van der Waals surface area contributed by atoms with Crippen LogP contribution in [0, 0.1) is 5.92 Å². The van der Waals surface area contributed by atoms with Gasteiger partial charge in [-0.2, -0.15) is 0 Å². The smallest absolute Gasteiger partial charge is 0.309 e. The number of hydrogen-bond acceptors (Lipinski definition) is 3. The van der Waals surface area contributed by atoms with Gasteiger partial charge >= 0.3 is 5.97 Å². The zero-order valence-electron chi connectivity index (χ0n) is 9.48. The Labute approximate surface area is 95.8 Å². The SMILES string of the molecule is COC(=O)[C@@H]1CCNC[C@@H]1c1ccccc1. The Bertz CT molecular complexity index is 350. The molecule has 1 aromatic carbocycles. The first-order chi connectivity index (χ1) is 7.83. The minimum Gasteiger partial charge on any atom is -0.469 e. The van der Waals surface area contributed by atoms with Crippen LogP contribution in [0.5, 0.6) is 0 Å². The Balaban J connectivity index is 2.20. The molecule has 0 aliphatic carbocycles. The van der Waals surface area contributed by atoms with Crippen molar-refractivity contribution in [2.75, 3.05) is 20.2 Å². The molecular formula is C13H17NO2. The van der Waals surface area contributed by atoms with Gasteiger partial charge in [-0.1, -0.05) is 30.3 Å². The molecule has 3 heteroatoms. The molecule has 16 heavy (non-hydrogen) atoms. The summed E-state index contributed by atoms with van der Waals surface area (Å²) in [6.45, 7) is 1.74. The number of esters is 1. The van der Waals surface area contributed by atoms with Crippen LogP contribution in [0.1, 0.15) is 17.9 Å². The van der Waals surface area contributed by atoms with E-state index in [4.69, 9.17) is 4.74 Å². The summed E-state index contributed by atoms with van der Waals surface area (Å²) >= 11 is 0. The quantitative estimate of drug-likeness (QED) is 0.767. The minimum absolute atomic E-state index is 0.00588. The van der Waals surface area contributed by atoms with Crippen LogP contribution in [0.4, 0.5) is 0 Å². The minimum atomic E-state index is -0.0876. The molecule has 0 radical (unpaired) electrons. The first-order valence-electron chi connectivity index (χ1n) is 5.66. The van der Waals surface area contributed by atoms with Gasteiger partial charge in [-0.05, 0) is 18.5 Å². The average molecular weight is 219 g/mol. The second-order valence-corrected chi connectivity index (χ2v) is 4.14. The molecule has 0 bridgehead atoms. The van der Waals surface area contributed by atoms with Crippen LogP contribution in [0.25, 0.3) is 0 Å². The first kappa shape index (κ1) is 11.1. The molecule has 1 aliphatic heterocycles. The lowest BCUT2D eigenvalue weighted by Gasteiger charge is -2.30. The van der Waals surface area contributed by atoms with E-state index in [2.05, 4.69) is 17.4 Å². The molecule has 3 nitrogen and oxygen atoms in total. The Kier molecular flexibility index (Phi) is 3.57. The molecule has 1 N–H and O–H groups in total. The number of hydrogen-bond donors (Lipinski definition) is 1. The van der Waals surface area contributed by atoms with Gasteiger partial charge in [-0.15, -0.1) is 0 Å². The first-order valence-corrected chi connectivity index (χ1v) is 5.66. The molecule has 2 atom stereocenters. The van der Waals surface area contributed by atoms with Gasteiger partial charge < -0.3 is 10.1 Å². The highest BCUT2D eigenvalue weighted by Gasteiger charge is 2.32. The van der Waals surface area contributed by atoms with Crippen molar-refractivity contribution in [3.63, 3.8) is 0 Å². The molecule has 0 unspecified atom stereocenters. The Morgan fingerprint density at radius 2 is 2.12 bits per heavy atom. The maximum absolute atomic E-state index is 11.7. The fourth-order valence-electron chi connectivity index (χ4n) is 2.34. The third-order valence-corrected chi connectivity index (χ3v) is 3.21. The summed E-state index contributed by atoms with van der Waals surface area (Å²) in [6, 6.07) is 10.2. The van der Waals surface area contributed by atoms with Gasteiger partial charge in [0, 0.05) is 12.5 Å². The van der Waals surface area contributed by atoms with Gasteiger partial charge in [0.15, 0.2) is 0 Å². The van der Waals surface area contributed by atoms with Crippen molar-refractivity contribution in [1.82, 2.24) is 5.32 Å². The summed E-state index contributed by atoms with van der Waals surface area (Å²) in [5.74, 6) is 0.145. The highest BCUT2D eigenvalue weighted by molar-refractivity contribution is 5.73. The van der Waals surface area contributed by atoms with Gasteiger partial charge in [0.25, 0.3) is 0 Å². The molecule has 0 aromatic heterocycles. The molecule has 1 fully saturated rings. The van der Waals surface area contributed by atoms with Crippen LogP contribution >= 0.6 is 0 Å². The van der Waals surface area contributed by atoms with E-state index in [1.165, 1.54) is 12.7 Å². The number of carbonyl (C=O) groups excluding carboxylic acids is 1. The molecule has 1 heterocycles. The van der Waals surface area contributed by atoms with Gasteiger partial charge in [0.2, 0.25) is 0 Å². The summed E-state index contributed by atoms with van der Waals surface area (Å²) in [7, 11) is 1.46. The summed E-state index contributed by atoms with van der Waals surface area (Å²) in [5.41, 5.74) is 1.21. The van der Waals surface area contributed by atoms with Crippen LogP contribution in [0.15, 0.2) is 30.3 Å². The number of benzene rings is 1. The maximum Gasteiger partial charge on any atom is 0.309 e. The van der Waals surface area contributed by atoms with Crippen molar-refractivity contribution in [1.29, 1.82) is 0 Å². The number of ether oxygens (including phenoxy) is 1. The molecule has 86 valence electrons. The fourth-order valence-corrected chi connectivity index (χ4v) is 2.34. The van der Waals surface area contributed by atoms with Gasteiger partial charge in [-0.3, -0.25) is 4.79 Å². The molecule has 0 spiro atoms. The molecule has 1 aromatic rings. The summed E-state index contributed by atoms with van der Waals surface area (Å²) in [5, 5.41) is 3.33. The van der Waals surface area contributed by atoms with Gasteiger partial charge in [0.05, 0.1) is 13.0 Å². The molecular weight excluding hydrogens is 202 g/mol. The summed E-state index contributed by atoms with van der Waals surface area (Å²) < 4.78 is 4.87. The van der Waals surface area contributed by atoms with Crippen molar-refractivity contribution >= 4 is 5.97 Å².